The Morgan fingerprint density at radius 3 is 2.32 bits per heavy atom. The van der Waals surface area contributed by atoms with Crippen molar-refractivity contribution in [2.45, 2.75) is 6.92 Å². The van der Waals surface area contributed by atoms with Crippen molar-refractivity contribution in [1.29, 1.82) is 0 Å². The van der Waals surface area contributed by atoms with E-state index in [2.05, 4.69) is 10.3 Å². The van der Waals surface area contributed by atoms with Gasteiger partial charge in [-0.05, 0) is 19.1 Å². The van der Waals surface area contributed by atoms with E-state index >= 15 is 0 Å². The topological polar surface area (TPSA) is 96.0 Å². The molecular weight excluding hydrogens is 420 g/mol. The first-order valence-corrected chi connectivity index (χ1v) is 10.1. The Morgan fingerprint density at radius 1 is 0.968 bits per heavy atom. The first-order chi connectivity index (χ1) is 15.0. The fourth-order valence-electron chi connectivity index (χ4n) is 2.81. The van der Waals surface area contributed by atoms with Crippen LogP contribution in [0.1, 0.15) is 15.9 Å². The maximum Gasteiger partial charge on any atom is 0.342 e. The van der Waals surface area contributed by atoms with Crippen molar-refractivity contribution in [2.75, 3.05) is 33.3 Å². The summed E-state index contributed by atoms with van der Waals surface area (Å²) < 4.78 is 20.8. The van der Waals surface area contributed by atoms with Crippen LogP contribution in [-0.2, 0) is 9.53 Å². The minimum absolute atomic E-state index is 0.115. The molecule has 3 rings (SSSR count). The van der Waals surface area contributed by atoms with Crippen LogP contribution in [0.15, 0.2) is 41.8 Å². The fourth-order valence-corrected chi connectivity index (χ4v) is 3.55. The van der Waals surface area contributed by atoms with Gasteiger partial charge in [0.25, 0.3) is 5.91 Å². The standard InChI is InChI=1S/C22H22N2O6S/c1-13-5-7-14(8-6-13)16-12-31-22(23-16)24-18(25)11-30-21(26)15-9-10-17(27-2)20(29-4)19(15)28-3/h5-10,12H,11H2,1-4H3,(H,23,24,25). The lowest BCUT2D eigenvalue weighted by molar-refractivity contribution is -0.119. The van der Waals surface area contributed by atoms with E-state index in [0.717, 1.165) is 16.8 Å². The molecule has 0 atom stereocenters. The Hall–Kier alpha value is -3.59. The molecule has 0 spiro atoms. The molecule has 1 aromatic heterocycles. The number of carbonyl (C=O) groups is 2. The van der Waals surface area contributed by atoms with Gasteiger partial charge >= 0.3 is 5.97 Å². The maximum atomic E-state index is 12.5. The lowest BCUT2D eigenvalue weighted by Crippen LogP contribution is -2.21. The monoisotopic (exact) mass is 442 g/mol. The summed E-state index contributed by atoms with van der Waals surface area (Å²) in [7, 11) is 4.30. The first-order valence-electron chi connectivity index (χ1n) is 9.25. The molecule has 1 heterocycles. The summed E-state index contributed by atoms with van der Waals surface area (Å²) in [4.78, 5) is 29.1. The Balaban J connectivity index is 1.62. The molecular formula is C22H22N2O6S. The Bertz CT molecular complexity index is 1080. The Kier molecular flexibility index (Phi) is 7.09. The highest BCUT2D eigenvalue weighted by Gasteiger charge is 2.22. The zero-order chi connectivity index (χ0) is 22.4. The number of aryl methyl sites for hydroxylation is 1. The normalized spacial score (nSPS) is 10.3. The van der Waals surface area contributed by atoms with Crippen LogP contribution in [0.2, 0.25) is 0 Å². The second kappa shape index (κ2) is 9.94. The molecule has 9 heteroatoms. The van der Waals surface area contributed by atoms with E-state index in [1.54, 1.807) is 6.07 Å². The summed E-state index contributed by atoms with van der Waals surface area (Å²) in [5.74, 6) is -0.405. The van der Waals surface area contributed by atoms with Crippen molar-refractivity contribution in [3.05, 3.63) is 52.9 Å². The molecule has 1 amide bonds. The molecule has 0 unspecified atom stereocenters. The Labute approximate surface area is 183 Å². The molecule has 1 N–H and O–H groups in total. The van der Waals surface area contributed by atoms with E-state index in [1.807, 2.05) is 36.6 Å². The number of thiazole rings is 1. The van der Waals surface area contributed by atoms with Gasteiger partial charge in [0.15, 0.2) is 23.2 Å². The van der Waals surface area contributed by atoms with Crippen LogP contribution in [0.3, 0.4) is 0 Å². The highest BCUT2D eigenvalue weighted by atomic mass is 32.1. The van der Waals surface area contributed by atoms with E-state index in [0.29, 0.717) is 10.9 Å². The first kappa shape index (κ1) is 22.1. The number of hydrogen-bond donors (Lipinski definition) is 1. The van der Waals surface area contributed by atoms with Gasteiger partial charge in [0, 0.05) is 10.9 Å². The molecule has 0 aliphatic rings. The number of esters is 1. The van der Waals surface area contributed by atoms with Gasteiger partial charge in [-0.1, -0.05) is 29.8 Å². The number of carbonyl (C=O) groups excluding carboxylic acids is 2. The number of rotatable bonds is 8. The largest absolute Gasteiger partial charge is 0.493 e. The number of hydrogen-bond acceptors (Lipinski definition) is 8. The Morgan fingerprint density at radius 2 is 1.68 bits per heavy atom. The van der Waals surface area contributed by atoms with E-state index in [9.17, 15) is 9.59 Å². The molecule has 3 aromatic rings. The quantitative estimate of drug-likeness (QED) is 0.528. The molecule has 0 saturated carbocycles. The number of benzene rings is 2. The molecule has 0 radical (unpaired) electrons. The third-order valence-corrected chi connectivity index (χ3v) is 5.11. The van der Waals surface area contributed by atoms with Gasteiger partial charge in [0.1, 0.15) is 5.56 Å². The van der Waals surface area contributed by atoms with Crippen molar-refractivity contribution in [3.63, 3.8) is 0 Å². The van der Waals surface area contributed by atoms with Crippen molar-refractivity contribution in [2.24, 2.45) is 0 Å². The zero-order valence-corrected chi connectivity index (χ0v) is 18.4. The molecule has 0 aliphatic carbocycles. The van der Waals surface area contributed by atoms with Crippen molar-refractivity contribution in [1.82, 2.24) is 4.98 Å². The second-order valence-electron chi connectivity index (χ2n) is 6.41. The second-order valence-corrected chi connectivity index (χ2v) is 7.27. The van der Waals surface area contributed by atoms with Gasteiger partial charge in [0.2, 0.25) is 5.75 Å². The van der Waals surface area contributed by atoms with Crippen molar-refractivity contribution in [3.8, 4) is 28.5 Å². The molecule has 8 nitrogen and oxygen atoms in total. The maximum absolute atomic E-state index is 12.5. The van der Waals surface area contributed by atoms with Crippen LogP contribution in [0.25, 0.3) is 11.3 Å². The van der Waals surface area contributed by atoms with Gasteiger partial charge < -0.3 is 18.9 Å². The minimum atomic E-state index is -0.729. The van der Waals surface area contributed by atoms with Crippen LogP contribution < -0.4 is 19.5 Å². The minimum Gasteiger partial charge on any atom is -0.493 e. The van der Waals surface area contributed by atoms with Gasteiger partial charge in [-0.25, -0.2) is 9.78 Å². The van der Waals surface area contributed by atoms with Gasteiger partial charge in [-0.15, -0.1) is 11.3 Å². The lowest BCUT2D eigenvalue weighted by atomic mass is 10.1. The number of nitrogens with one attached hydrogen (secondary N) is 1. The molecule has 0 bridgehead atoms. The highest BCUT2D eigenvalue weighted by Crippen LogP contribution is 2.40. The average molecular weight is 442 g/mol. The van der Waals surface area contributed by atoms with Gasteiger partial charge in [-0.2, -0.15) is 0 Å². The lowest BCUT2D eigenvalue weighted by Gasteiger charge is -2.15. The van der Waals surface area contributed by atoms with Crippen molar-refractivity contribution < 1.29 is 28.5 Å². The number of amides is 1. The van der Waals surface area contributed by atoms with Crippen LogP contribution in [0.4, 0.5) is 5.13 Å². The van der Waals surface area contributed by atoms with E-state index in [-0.39, 0.29) is 17.1 Å². The van der Waals surface area contributed by atoms with Gasteiger partial charge in [-0.3, -0.25) is 10.1 Å². The summed E-state index contributed by atoms with van der Waals surface area (Å²) in [5, 5.41) is 4.90. The zero-order valence-electron chi connectivity index (χ0n) is 17.6. The summed E-state index contributed by atoms with van der Waals surface area (Å²) in [6, 6.07) is 11.0. The smallest absolute Gasteiger partial charge is 0.342 e. The van der Waals surface area contributed by atoms with Crippen LogP contribution >= 0.6 is 11.3 Å². The van der Waals surface area contributed by atoms with E-state index in [4.69, 9.17) is 18.9 Å². The number of ether oxygens (including phenoxy) is 4. The molecule has 0 aliphatic heterocycles. The number of aromatic nitrogens is 1. The SMILES string of the molecule is COc1ccc(C(=O)OCC(=O)Nc2nc(-c3ccc(C)cc3)cs2)c(OC)c1OC. The number of methoxy groups -OCH3 is 3. The predicted octanol–water partition coefficient (Wildman–Crippen LogP) is 3.94. The summed E-state index contributed by atoms with van der Waals surface area (Å²) in [6.07, 6.45) is 0. The fraction of sp³-hybridized carbons (Fsp3) is 0.227. The number of anilines is 1. The summed E-state index contributed by atoms with van der Waals surface area (Å²) >= 11 is 1.29. The van der Waals surface area contributed by atoms with Crippen LogP contribution in [-0.4, -0.2) is 44.8 Å². The van der Waals surface area contributed by atoms with E-state index in [1.165, 1.54) is 38.7 Å². The molecule has 0 saturated heterocycles. The molecule has 2 aromatic carbocycles. The highest BCUT2D eigenvalue weighted by molar-refractivity contribution is 7.14. The molecule has 0 fully saturated rings. The summed E-state index contributed by atoms with van der Waals surface area (Å²) in [6.45, 7) is 1.53. The van der Waals surface area contributed by atoms with Gasteiger partial charge in [0.05, 0.1) is 27.0 Å². The number of nitrogens with zero attached hydrogens (tertiary/aromatic N) is 1. The molecule has 31 heavy (non-hydrogen) atoms. The third-order valence-electron chi connectivity index (χ3n) is 4.36. The summed E-state index contributed by atoms with van der Waals surface area (Å²) in [5.41, 5.74) is 2.98. The van der Waals surface area contributed by atoms with Crippen molar-refractivity contribution >= 4 is 28.3 Å². The van der Waals surface area contributed by atoms with E-state index < -0.39 is 18.5 Å². The average Bonchev–Trinajstić information content (AvgIpc) is 3.24. The van der Waals surface area contributed by atoms with Crippen LogP contribution in [0.5, 0.6) is 17.2 Å². The third kappa shape index (κ3) is 5.13. The van der Waals surface area contributed by atoms with Crippen LogP contribution in [0, 0.1) is 6.92 Å². The molecule has 162 valence electrons. The predicted molar refractivity (Wildman–Crippen MR) is 117 cm³/mol.